The zero-order valence-corrected chi connectivity index (χ0v) is 10.7. The molecule has 1 saturated heterocycles. The Morgan fingerprint density at radius 1 is 1.47 bits per heavy atom. The van der Waals surface area contributed by atoms with E-state index in [1.54, 1.807) is 0 Å². The number of carbonyl (C=O) groups is 1. The van der Waals surface area contributed by atoms with Gasteiger partial charge >= 0.3 is 0 Å². The van der Waals surface area contributed by atoms with Crippen molar-refractivity contribution in [2.45, 2.75) is 31.8 Å². The molecule has 17 heavy (non-hydrogen) atoms. The van der Waals surface area contributed by atoms with Gasteiger partial charge in [-0.15, -0.1) is 0 Å². The maximum Gasteiger partial charge on any atom is 0.240 e. The highest BCUT2D eigenvalue weighted by molar-refractivity contribution is 6.30. The van der Waals surface area contributed by atoms with Crippen LogP contribution in [0.5, 0.6) is 0 Å². The molecule has 2 N–H and O–H groups in total. The third-order valence-corrected chi connectivity index (χ3v) is 3.49. The first-order valence-corrected chi connectivity index (χ1v) is 6.26. The zero-order valence-electron chi connectivity index (χ0n) is 9.92. The van der Waals surface area contributed by atoms with Crippen LogP contribution in [-0.4, -0.2) is 18.0 Å². The van der Waals surface area contributed by atoms with E-state index in [4.69, 9.17) is 11.6 Å². The summed E-state index contributed by atoms with van der Waals surface area (Å²) >= 11 is 5.80. The van der Waals surface area contributed by atoms with Gasteiger partial charge in [-0.05, 0) is 44.0 Å². The number of hydrogen-bond donors (Lipinski definition) is 2. The predicted molar refractivity (Wildman–Crippen MR) is 68.9 cm³/mol. The number of amides is 1. The van der Waals surface area contributed by atoms with Crippen molar-refractivity contribution >= 4 is 17.5 Å². The summed E-state index contributed by atoms with van der Waals surface area (Å²) in [6.07, 6.45) is 1.96. The van der Waals surface area contributed by atoms with Crippen LogP contribution in [0.25, 0.3) is 0 Å². The Labute approximate surface area is 107 Å². The number of nitrogens with one attached hydrogen (secondary N) is 2. The Hall–Kier alpha value is -1.06. The molecule has 4 heteroatoms. The molecule has 1 fully saturated rings. The van der Waals surface area contributed by atoms with E-state index in [1.807, 2.05) is 31.2 Å². The number of carbonyl (C=O) groups excluding carboxylic acids is 1. The van der Waals surface area contributed by atoms with Crippen LogP contribution in [0.15, 0.2) is 24.3 Å². The molecular formula is C13H17ClN2O. The quantitative estimate of drug-likeness (QED) is 0.865. The van der Waals surface area contributed by atoms with Crippen molar-refractivity contribution in [1.82, 2.24) is 10.6 Å². The number of halogens is 1. The van der Waals surface area contributed by atoms with Crippen molar-refractivity contribution in [3.63, 3.8) is 0 Å². The normalized spacial score (nSPS) is 23.6. The van der Waals surface area contributed by atoms with Gasteiger partial charge in [-0.1, -0.05) is 23.7 Å². The molecule has 1 aromatic rings. The van der Waals surface area contributed by atoms with Gasteiger partial charge in [0.2, 0.25) is 5.91 Å². The summed E-state index contributed by atoms with van der Waals surface area (Å²) in [5, 5.41) is 6.91. The van der Waals surface area contributed by atoms with Crippen LogP contribution in [0.4, 0.5) is 0 Å². The maximum atomic E-state index is 12.0. The molecule has 2 rings (SSSR count). The lowest BCUT2D eigenvalue weighted by Crippen LogP contribution is -2.50. The highest BCUT2D eigenvalue weighted by Crippen LogP contribution is 2.18. The molecule has 0 radical (unpaired) electrons. The lowest BCUT2D eigenvalue weighted by Gasteiger charge is -2.23. The van der Waals surface area contributed by atoms with Gasteiger partial charge in [0.05, 0.1) is 5.54 Å². The van der Waals surface area contributed by atoms with E-state index < -0.39 is 5.54 Å². The minimum absolute atomic E-state index is 0.0740. The minimum Gasteiger partial charge on any atom is -0.350 e. The summed E-state index contributed by atoms with van der Waals surface area (Å²) < 4.78 is 0. The Balaban J connectivity index is 1.89. The number of benzene rings is 1. The van der Waals surface area contributed by atoms with Crippen molar-refractivity contribution in [3.8, 4) is 0 Å². The van der Waals surface area contributed by atoms with Crippen LogP contribution >= 0.6 is 11.6 Å². The van der Waals surface area contributed by atoms with Crippen LogP contribution in [0.1, 0.15) is 25.3 Å². The molecule has 3 nitrogen and oxygen atoms in total. The first-order valence-electron chi connectivity index (χ1n) is 5.88. The van der Waals surface area contributed by atoms with Crippen LogP contribution in [0, 0.1) is 0 Å². The van der Waals surface area contributed by atoms with E-state index in [2.05, 4.69) is 10.6 Å². The van der Waals surface area contributed by atoms with Gasteiger partial charge in [0.25, 0.3) is 0 Å². The van der Waals surface area contributed by atoms with Gasteiger partial charge < -0.3 is 10.6 Å². The average molecular weight is 253 g/mol. The van der Waals surface area contributed by atoms with Gasteiger partial charge in [0, 0.05) is 11.6 Å². The van der Waals surface area contributed by atoms with E-state index in [1.165, 1.54) is 0 Å². The molecule has 1 atom stereocenters. The zero-order chi connectivity index (χ0) is 12.3. The third-order valence-electron chi connectivity index (χ3n) is 3.24. The smallest absolute Gasteiger partial charge is 0.240 e. The lowest BCUT2D eigenvalue weighted by atomic mass is 9.99. The molecule has 92 valence electrons. The number of rotatable bonds is 3. The first-order chi connectivity index (χ1) is 8.10. The largest absolute Gasteiger partial charge is 0.350 e. The molecular weight excluding hydrogens is 236 g/mol. The Morgan fingerprint density at radius 2 is 2.18 bits per heavy atom. The first kappa shape index (κ1) is 12.4. The van der Waals surface area contributed by atoms with E-state index in [0.717, 1.165) is 24.9 Å². The fourth-order valence-corrected chi connectivity index (χ4v) is 2.19. The van der Waals surface area contributed by atoms with Crippen LogP contribution in [0.2, 0.25) is 5.02 Å². The van der Waals surface area contributed by atoms with Crippen molar-refractivity contribution in [1.29, 1.82) is 0 Å². The molecule has 0 aromatic heterocycles. The predicted octanol–water partition coefficient (Wildman–Crippen LogP) is 2.10. The van der Waals surface area contributed by atoms with Gasteiger partial charge in [0.1, 0.15) is 0 Å². The van der Waals surface area contributed by atoms with Gasteiger partial charge in [-0.3, -0.25) is 4.79 Å². The summed E-state index contributed by atoms with van der Waals surface area (Å²) in [4.78, 5) is 12.0. The van der Waals surface area contributed by atoms with Gasteiger partial charge in [0.15, 0.2) is 0 Å². The van der Waals surface area contributed by atoms with Crippen LogP contribution in [-0.2, 0) is 11.3 Å². The molecule has 1 heterocycles. The second-order valence-corrected chi connectivity index (χ2v) is 5.11. The standard InChI is InChI=1S/C13H17ClN2O/c1-13(7-2-8-16-13)12(17)15-9-10-3-5-11(14)6-4-10/h3-6,16H,2,7-9H2,1H3,(H,15,17). The molecule has 1 aliphatic rings. The van der Waals surface area contributed by atoms with Crippen molar-refractivity contribution in [2.24, 2.45) is 0 Å². The van der Waals surface area contributed by atoms with Crippen molar-refractivity contribution < 1.29 is 4.79 Å². The molecule has 0 bridgehead atoms. The average Bonchev–Trinajstić information content (AvgIpc) is 2.76. The Morgan fingerprint density at radius 3 is 2.76 bits per heavy atom. The van der Waals surface area contributed by atoms with Crippen molar-refractivity contribution in [2.75, 3.05) is 6.54 Å². The summed E-state index contributed by atoms with van der Waals surface area (Å²) in [6.45, 7) is 3.43. The SMILES string of the molecule is CC1(C(=O)NCc2ccc(Cl)cc2)CCCN1. The third kappa shape index (κ3) is 2.99. The summed E-state index contributed by atoms with van der Waals surface area (Å²) in [7, 11) is 0. The second kappa shape index (κ2) is 5.07. The molecule has 1 unspecified atom stereocenters. The molecule has 0 spiro atoms. The molecule has 1 aliphatic heterocycles. The van der Waals surface area contributed by atoms with Crippen LogP contribution < -0.4 is 10.6 Å². The highest BCUT2D eigenvalue weighted by Gasteiger charge is 2.35. The second-order valence-electron chi connectivity index (χ2n) is 4.67. The Bertz CT molecular complexity index is 396. The van der Waals surface area contributed by atoms with Crippen LogP contribution in [0.3, 0.4) is 0 Å². The van der Waals surface area contributed by atoms with E-state index >= 15 is 0 Å². The minimum atomic E-state index is -0.396. The summed E-state index contributed by atoms with van der Waals surface area (Å²) in [5.41, 5.74) is 0.663. The van der Waals surface area contributed by atoms with E-state index in [9.17, 15) is 4.79 Å². The fourth-order valence-electron chi connectivity index (χ4n) is 2.07. The van der Waals surface area contributed by atoms with Crippen molar-refractivity contribution in [3.05, 3.63) is 34.9 Å². The monoisotopic (exact) mass is 252 g/mol. The number of hydrogen-bond acceptors (Lipinski definition) is 2. The van der Waals surface area contributed by atoms with E-state index in [-0.39, 0.29) is 5.91 Å². The Kier molecular flexibility index (Phi) is 3.69. The summed E-state index contributed by atoms with van der Waals surface area (Å²) in [6, 6.07) is 7.51. The molecule has 1 aromatic carbocycles. The highest BCUT2D eigenvalue weighted by atomic mass is 35.5. The van der Waals surface area contributed by atoms with E-state index in [0.29, 0.717) is 11.6 Å². The molecule has 0 aliphatic carbocycles. The molecule has 1 amide bonds. The fraction of sp³-hybridized carbons (Fsp3) is 0.462. The van der Waals surface area contributed by atoms with Gasteiger partial charge in [-0.25, -0.2) is 0 Å². The lowest BCUT2D eigenvalue weighted by molar-refractivity contribution is -0.126. The maximum absolute atomic E-state index is 12.0. The topological polar surface area (TPSA) is 41.1 Å². The summed E-state index contributed by atoms with van der Waals surface area (Å²) in [5.74, 6) is 0.0740. The van der Waals surface area contributed by atoms with Gasteiger partial charge in [-0.2, -0.15) is 0 Å². The molecule has 0 saturated carbocycles.